The van der Waals surface area contributed by atoms with E-state index in [9.17, 15) is 4.79 Å². The van der Waals surface area contributed by atoms with Gasteiger partial charge in [-0.1, -0.05) is 57.1 Å². The summed E-state index contributed by atoms with van der Waals surface area (Å²) in [6.45, 7) is 0. The van der Waals surface area contributed by atoms with Gasteiger partial charge in [0.05, 0.1) is 0 Å². The van der Waals surface area contributed by atoms with Crippen LogP contribution in [0.1, 0.15) is 70.6 Å². The Hall–Kier alpha value is -2.34. The Morgan fingerprint density at radius 2 is 1.79 bits per heavy atom. The zero-order chi connectivity index (χ0) is 22.6. The lowest BCUT2D eigenvalue weighted by molar-refractivity contribution is -0.134. The Kier molecular flexibility index (Phi) is 7.00. The number of esters is 1. The molecule has 0 spiro atoms. The molecule has 0 amide bonds. The molecular weight excluding hydrogens is 478 g/mol. The molecule has 174 valence electrons. The predicted octanol–water partition coefficient (Wildman–Crippen LogP) is 7.38. The van der Waals surface area contributed by atoms with Crippen molar-refractivity contribution < 1.29 is 9.53 Å². The summed E-state index contributed by atoms with van der Waals surface area (Å²) in [5, 5.41) is 3.78. The number of ether oxygens (including phenoxy) is 1. The van der Waals surface area contributed by atoms with Crippen LogP contribution in [0.15, 0.2) is 47.1 Å². The zero-order valence-electron chi connectivity index (χ0n) is 19.1. The van der Waals surface area contributed by atoms with Crippen LogP contribution in [0.4, 0.5) is 5.82 Å². The largest absolute Gasteiger partial charge is 0.426 e. The fraction of sp³-hybridized carbons (Fsp3) is 0.481. The Labute approximate surface area is 204 Å². The van der Waals surface area contributed by atoms with E-state index >= 15 is 0 Å². The van der Waals surface area contributed by atoms with E-state index in [1.807, 2.05) is 42.6 Å². The van der Waals surface area contributed by atoms with Crippen molar-refractivity contribution in [2.75, 3.05) is 5.32 Å². The highest BCUT2D eigenvalue weighted by Crippen LogP contribution is 2.37. The number of para-hydroxylation sites is 1. The van der Waals surface area contributed by atoms with Gasteiger partial charge in [0.15, 0.2) is 0 Å². The van der Waals surface area contributed by atoms with Crippen molar-refractivity contribution in [1.29, 1.82) is 0 Å². The highest BCUT2D eigenvalue weighted by atomic mass is 79.9. The number of halogens is 1. The van der Waals surface area contributed by atoms with Crippen molar-refractivity contribution in [3.63, 3.8) is 0 Å². The molecular formula is C27H32BrN3O2. The number of fused-ring (bicyclic) bond motifs is 1. The molecule has 2 saturated carbocycles. The maximum absolute atomic E-state index is 12.7. The number of benzene rings is 1. The first-order valence-electron chi connectivity index (χ1n) is 12.4. The molecule has 0 aliphatic heterocycles. The summed E-state index contributed by atoms with van der Waals surface area (Å²) in [6, 6.07) is 12.2. The molecule has 5 nitrogen and oxygen atoms in total. The van der Waals surface area contributed by atoms with Crippen LogP contribution >= 0.6 is 15.9 Å². The van der Waals surface area contributed by atoms with Crippen LogP contribution in [0.3, 0.4) is 0 Å². The molecule has 2 aliphatic rings. The van der Waals surface area contributed by atoms with E-state index in [1.54, 1.807) is 0 Å². The first-order valence-corrected chi connectivity index (χ1v) is 13.2. The van der Waals surface area contributed by atoms with Gasteiger partial charge in [0.1, 0.15) is 22.9 Å². The van der Waals surface area contributed by atoms with Gasteiger partial charge >= 0.3 is 5.97 Å². The third kappa shape index (κ3) is 5.26. The lowest BCUT2D eigenvalue weighted by atomic mass is 9.95. The predicted molar refractivity (Wildman–Crippen MR) is 136 cm³/mol. The molecule has 6 heteroatoms. The molecule has 0 unspecified atom stereocenters. The summed E-state index contributed by atoms with van der Waals surface area (Å²) < 4.78 is 9.00. The van der Waals surface area contributed by atoms with E-state index in [0.29, 0.717) is 24.1 Å². The molecule has 0 bridgehead atoms. The minimum atomic E-state index is -0.150. The second kappa shape index (κ2) is 10.3. The molecule has 1 N–H and O–H groups in total. The van der Waals surface area contributed by atoms with E-state index < -0.39 is 0 Å². The number of imidazole rings is 1. The lowest BCUT2D eigenvalue weighted by Crippen LogP contribution is -2.23. The average Bonchev–Trinajstić information content (AvgIpc) is 3.47. The number of carbonyl (C=O) groups is 1. The van der Waals surface area contributed by atoms with Gasteiger partial charge in [0.2, 0.25) is 0 Å². The quantitative estimate of drug-likeness (QED) is 0.266. The van der Waals surface area contributed by atoms with Gasteiger partial charge in [0, 0.05) is 28.7 Å². The number of nitrogens with one attached hydrogen (secondary N) is 1. The SMILES string of the molecule is O=C(CCC1CCCC1)Oc1ccccc1-c1nc2ccc(Br)cn2c1NC1CCCCC1. The Balaban J connectivity index is 1.44. The fourth-order valence-electron chi connectivity index (χ4n) is 5.33. The molecule has 2 aromatic heterocycles. The number of aromatic nitrogens is 2. The highest BCUT2D eigenvalue weighted by molar-refractivity contribution is 9.10. The van der Waals surface area contributed by atoms with Crippen molar-refractivity contribution >= 4 is 33.4 Å². The maximum Gasteiger partial charge on any atom is 0.311 e. The smallest absolute Gasteiger partial charge is 0.311 e. The van der Waals surface area contributed by atoms with Crippen LogP contribution in [-0.2, 0) is 4.79 Å². The molecule has 1 aromatic carbocycles. The van der Waals surface area contributed by atoms with Gasteiger partial charge in [-0.05, 0) is 65.4 Å². The topological polar surface area (TPSA) is 55.6 Å². The Morgan fingerprint density at radius 3 is 2.61 bits per heavy atom. The monoisotopic (exact) mass is 509 g/mol. The molecule has 0 saturated heterocycles. The third-order valence-electron chi connectivity index (χ3n) is 7.13. The number of hydrogen-bond donors (Lipinski definition) is 1. The number of rotatable bonds is 7. The number of anilines is 1. The fourth-order valence-corrected chi connectivity index (χ4v) is 5.67. The molecule has 33 heavy (non-hydrogen) atoms. The van der Waals surface area contributed by atoms with Crippen LogP contribution in [0.2, 0.25) is 0 Å². The lowest BCUT2D eigenvalue weighted by Gasteiger charge is -2.24. The minimum Gasteiger partial charge on any atom is -0.426 e. The van der Waals surface area contributed by atoms with Gasteiger partial charge in [-0.3, -0.25) is 9.20 Å². The van der Waals surface area contributed by atoms with E-state index in [0.717, 1.165) is 33.6 Å². The van der Waals surface area contributed by atoms with Crippen LogP contribution < -0.4 is 10.1 Å². The summed E-state index contributed by atoms with van der Waals surface area (Å²) in [7, 11) is 0. The van der Waals surface area contributed by atoms with Crippen LogP contribution in [0, 0.1) is 5.92 Å². The maximum atomic E-state index is 12.7. The van der Waals surface area contributed by atoms with Crippen LogP contribution in [-0.4, -0.2) is 21.4 Å². The van der Waals surface area contributed by atoms with E-state index in [2.05, 4.69) is 25.6 Å². The summed E-state index contributed by atoms with van der Waals surface area (Å²) in [6.07, 6.45) is 14.7. The molecule has 0 atom stereocenters. The number of pyridine rings is 1. The molecule has 5 rings (SSSR count). The van der Waals surface area contributed by atoms with Gasteiger partial charge < -0.3 is 10.1 Å². The van der Waals surface area contributed by atoms with Crippen molar-refractivity contribution in [1.82, 2.24) is 9.38 Å². The summed E-state index contributed by atoms with van der Waals surface area (Å²) in [4.78, 5) is 17.7. The van der Waals surface area contributed by atoms with Crippen molar-refractivity contribution in [3.8, 4) is 17.0 Å². The van der Waals surface area contributed by atoms with Crippen LogP contribution in [0.25, 0.3) is 16.9 Å². The van der Waals surface area contributed by atoms with E-state index in [-0.39, 0.29) is 5.97 Å². The normalized spacial score (nSPS) is 17.5. The number of nitrogens with zero attached hydrogens (tertiary/aromatic N) is 2. The first-order chi connectivity index (χ1) is 16.2. The van der Waals surface area contributed by atoms with Crippen LogP contribution in [0.5, 0.6) is 5.75 Å². The zero-order valence-corrected chi connectivity index (χ0v) is 20.6. The molecule has 2 aliphatic carbocycles. The Bertz CT molecular complexity index is 1110. The summed E-state index contributed by atoms with van der Waals surface area (Å²) in [5.41, 5.74) is 2.55. The molecule has 2 fully saturated rings. The standard InChI is InChI=1S/C27H32BrN3O2/c28-20-15-16-24-30-26(27(31(24)18-20)29-21-10-2-1-3-11-21)22-12-6-7-13-23(22)33-25(32)17-14-19-8-4-5-9-19/h6-7,12-13,15-16,18-19,21,29H,1-5,8-11,14,17H2. The van der Waals surface area contributed by atoms with E-state index in [1.165, 1.54) is 57.8 Å². The van der Waals surface area contributed by atoms with E-state index in [4.69, 9.17) is 9.72 Å². The summed E-state index contributed by atoms with van der Waals surface area (Å²) in [5.74, 6) is 2.08. The van der Waals surface area contributed by atoms with Gasteiger partial charge in [-0.2, -0.15) is 0 Å². The van der Waals surface area contributed by atoms with Crippen molar-refractivity contribution in [2.24, 2.45) is 5.92 Å². The number of carbonyl (C=O) groups excluding carboxylic acids is 1. The van der Waals surface area contributed by atoms with Crippen molar-refractivity contribution in [2.45, 2.75) is 76.7 Å². The average molecular weight is 510 g/mol. The first kappa shape index (κ1) is 22.5. The molecule has 2 heterocycles. The van der Waals surface area contributed by atoms with Crippen molar-refractivity contribution in [3.05, 3.63) is 47.1 Å². The second-order valence-corrected chi connectivity index (χ2v) is 10.4. The third-order valence-corrected chi connectivity index (χ3v) is 7.59. The minimum absolute atomic E-state index is 0.150. The Morgan fingerprint density at radius 1 is 1.03 bits per heavy atom. The van der Waals surface area contributed by atoms with Gasteiger partial charge in [-0.15, -0.1) is 0 Å². The van der Waals surface area contributed by atoms with Gasteiger partial charge in [-0.25, -0.2) is 4.98 Å². The summed E-state index contributed by atoms with van der Waals surface area (Å²) >= 11 is 3.60. The second-order valence-electron chi connectivity index (χ2n) is 9.52. The highest BCUT2D eigenvalue weighted by Gasteiger charge is 2.23. The molecule has 0 radical (unpaired) electrons. The number of hydrogen-bond acceptors (Lipinski definition) is 4. The van der Waals surface area contributed by atoms with Gasteiger partial charge in [0.25, 0.3) is 0 Å². The molecule has 3 aromatic rings.